The zero-order valence-corrected chi connectivity index (χ0v) is 12.9. The average Bonchev–Trinajstić information content (AvgIpc) is 2.96. The number of morpholine rings is 1. The van der Waals surface area contributed by atoms with Gasteiger partial charge in [0.2, 0.25) is 17.8 Å². The second-order valence-corrected chi connectivity index (χ2v) is 5.89. The van der Waals surface area contributed by atoms with Crippen LogP contribution >= 0.6 is 0 Å². The summed E-state index contributed by atoms with van der Waals surface area (Å²) in [5, 5.41) is 7.62. The Bertz CT molecular complexity index is 703. The molecule has 0 aromatic carbocycles. The maximum absolute atomic E-state index is 12.3. The van der Waals surface area contributed by atoms with Crippen molar-refractivity contribution in [2.75, 3.05) is 49.6 Å². The van der Waals surface area contributed by atoms with Crippen molar-refractivity contribution in [2.45, 2.75) is 13.5 Å². The minimum absolute atomic E-state index is 0.0800. The number of hydrogen-bond acceptors (Lipinski definition) is 7. The fourth-order valence-corrected chi connectivity index (χ4v) is 3.05. The summed E-state index contributed by atoms with van der Waals surface area (Å²) in [5.41, 5.74) is 1.44. The van der Waals surface area contributed by atoms with Gasteiger partial charge < -0.3 is 19.9 Å². The Kier molecular flexibility index (Phi) is 3.29. The zero-order chi connectivity index (χ0) is 16.0. The summed E-state index contributed by atoms with van der Waals surface area (Å²) in [5.74, 6) is 1.05. The third kappa shape index (κ3) is 2.46. The van der Waals surface area contributed by atoms with Crippen molar-refractivity contribution in [1.82, 2.24) is 19.7 Å². The molecule has 9 heteroatoms. The number of rotatable bonds is 1. The molecule has 1 N–H and O–H groups in total. The van der Waals surface area contributed by atoms with Gasteiger partial charge >= 0.3 is 0 Å². The van der Waals surface area contributed by atoms with Gasteiger partial charge in [-0.05, 0) is 5.57 Å². The molecule has 0 atom stereocenters. The third-order valence-electron chi connectivity index (χ3n) is 4.33. The summed E-state index contributed by atoms with van der Waals surface area (Å²) in [6, 6.07) is 0. The quantitative estimate of drug-likeness (QED) is 0.726. The van der Waals surface area contributed by atoms with Gasteiger partial charge in [-0.15, -0.1) is 5.10 Å². The van der Waals surface area contributed by atoms with Crippen molar-refractivity contribution in [1.29, 1.82) is 0 Å². The lowest BCUT2D eigenvalue weighted by atomic mass is 10.0. The molecule has 1 amide bonds. The Balaban J connectivity index is 1.58. The molecule has 1 aromatic rings. The molecule has 1 saturated heterocycles. The molecule has 4 rings (SSSR count). The second-order valence-electron chi connectivity index (χ2n) is 5.89. The first-order valence-electron chi connectivity index (χ1n) is 7.67. The fraction of sp³-hybridized carbons (Fsp3) is 0.571. The van der Waals surface area contributed by atoms with Crippen LogP contribution in [0.4, 0.5) is 11.9 Å². The summed E-state index contributed by atoms with van der Waals surface area (Å²) >= 11 is 0. The average molecular weight is 318 g/mol. The van der Waals surface area contributed by atoms with Crippen LogP contribution in [0.5, 0.6) is 0 Å². The molecule has 3 aliphatic heterocycles. The van der Waals surface area contributed by atoms with Crippen LogP contribution < -0.4 is 10.2 Å². The Morgan fingerprint density at radius 3 is 2.74 bits per heavy atom. The van der Waals surface area contributed by atoms with Gasteiger partial charge in [-0.25, -0.2) is 4.68 Å². The minimum Gasteiger partial charge on any atom is -0.378 e. The van der Waals surface area contributed by atoms with E-state index in [4.69, 9.17) is 4.74 Å². The molecule has 0 spiro atoms. The number of carbonyl (C=O) groups excluding carboxylic acids is 2. The van der Waals surface area contributed by atoms with E-state index < -0.39 is 0 Å². The van der Waals surface area contributed by atoms with Crippen molar-refractivity contribution in [3.05, 3.63) is 11.3 Å². The third-order valence-corrected chi connectivity index (χ3v) is 4.33. The molecule has 122 valence electrons. The number of hydrogen-bond donors (Lipinski definition) is 1. The molecule has 1 aromatic heterocycles. The first-order valence-corrected chi connectivity index (χ1v) is 7.67. The molecule has 0 radical (unpaired) electrons. The van der Waals surface area contributed by atoms with E-state index in [2.05, 4.69) is 20.3 Å². The van der Waals surface area contributed by atoms with Crippen LogP contribution in [0.2, 0.25) is 0 Å². The summed E-state index contributed by atoms with van der Waals surface area (Å²) in [7, 11) is 0. The number of anilines is 2. The van der Waals surface area contributed by atoms with Crippen molar-refractivity contribution in [3.63, 3.8) is 0 Å². The van der Waals surface area contributed by atoms with Crippen LogP contribution in [0.3, 0.4) is 0 Å². The maximum atomic E-state index is 12.3. The van der Waals surface area contributed by atoms with Gasteiger partial charge in [-0.3, -0.25) is 9.59 Å². The highest BCUT2D eigenvalue weighted by Gasteiger charge is 2.32. The first kappa shape index (κ1) is 14.2. The van der Waals surface area contributed by atoms with Crippen molar-refractivity contribution < 1.29 is 14.3 Å². The Hall–Kier alpha value is -2.42. The monoisotopic (exact) mass is 318 g/mol. The largest absolute Gasteiger partial charge is 0.378 e. The van der Waals surface area contributed by atoms with Gasteiger partial charge in [0.15, 0.2) is 5.78 Å². The lowest BCUT2D eigenvalue weighted by molar-refractivity contribution is -0.132. The van der Waals surface area contributed by atoms with E-state index in [0.717, 1.165) is 18.7 Å². The van der Waals surface area contributed by atoms with Gasteiger partial charge in [0.05, 0.1) is 32.0 Å². The maximum Gasteiger partial charge on any atom is 0.246 e. The van der Waals surface area contributed by atoms with Gasteiger partial charge in [0.1, 0.15) is 0 Å². The Labute approximate surface area is 132 Å². The SMILES string of the molecule is CC(=O)N1CC(=O)C2=C(C1)Cn1nc(N3CCOCC3)nc1N2. The number of ether oxygens (including phenoxy) is 1. The summed E-state index contributed by atoms with van der Waals surface area (Å²) in [4.78, 5) is 31.9. The number of nitrogens with zero attached hydrogens (tertiary/aromatic N) is 5. The zero-order valence-electron chi connectivity index (χ0n) is 12.9. The molecule has 9 nitrogen and oxygen atoms in total. The molecular weight excluding hydrogens is 300 g/mol. The van der Waals surface area contributed by atoms with Crippen LogP contribution in [0, 0.1) is 0 Å². The predicted octanol–water partition coefficient (Wildman–Crippen LogP) is -0.774. The standard InChI is InChI=1S/C14H18N6O3/c1-9(21)19-6-10-7-20-13(15-12(10)11(22)8-19)16-14(17-20)18-2-4-23-5-3-18/h2-8H2,1H3,(H,15,16,17). The van der Waals surface area contributed by atoms with E-state index in [0.29, 0.717) is 43.9 Å². The summed E-state index contributed by atoms with van der Waals surface area (Å²) < 4.78 is 7.09. The van der Waals surface area contributed by atoms with Crippen LogP contribution in [-0.4, -0.2) is 70.7 Å². The molecule has 0 saturated carbocycles. The molecule has 4 heterocycles. The lowest BCUT2D eigenvalue weighted by Crippen LogP contribution is -2.44. The number of amides is 1. The lowest BCUT2D eigenvalue weighted by Gasteiger charge is -2.31. The van der Waals surface area contributed by atoms with Crippen molar-refractivity contribution >= 4 is 23.6 Å². The fourth-order valence-electron chi connectivity index (χ4n) is 3.05. The summed E-state index contributed by atoms with van der Waals surface area (Å²) in [6.07, 6.45) is 0. The van der Waals surface area contributed by atoms with E-state index in [1.807, 2.05) is 0 Å². The Morgan fingerprint density at radius 2 is 2.00 bits per heavy atom. The number of carbonyl (C=O) groups is 2. The number of Topliss-reactive ketones (excluding diaryl/α,β-unsaturated/α-hetero) is 1. The Morgan fingerprint density at radius 1 is 1.22 bits per heavy atom. The van der Waals surface area contributed by atoms with E-state index in [1.165, 1.54) is 6.92 Å². The number of fused-ring (bicyclic) bond motifs is 1. The molecule has 23 heavy (non-hydrogen) atoms. The van der Waals surface area contributed by atoms with Crippen molar-refractivity contribution in [2.24, 2.45) is 0 Å². The molecular formula is C14H18N6O3. The van der Waals surface area contributed by atoms with E-state index >= 15 is 0 Å². The summed E-state index contributed by atoms with van der Waals surface area (Å²) in [6.45, 7) is 5.37. The molecule has 0 unspecified atom stereocenters. The molecule has 0 bridgehead atoms. The van der Waals surface area contributed by atoms with E-state index in [1.54, 1.807) is 9.58 Å². The highest BCUT2D eigenvalue weighted by Crippen LogP contribution is 2.26. The van der Waals surface area contributed by atoms with Crippen LogP contribution in [0.15, 0.2) is 11.3 Å². The van der Waals surface area contributed by atoms with E-state index in [-0.39, 0.29) is 18.2 Å². The van der Waals surface area contributed by atoms with Crippen LogP contribution in [-0.2, 0) is 20.9 Å². The van der Waals surface area contributed by atoms with Gasteiger partial charge in [-0.2, -0.15) is 4.98 Å². The first-order chi connectivity index (χ1) is 11.1. The highest BCUT2D eigenvalue weighted by atomic mass is 16.5. The topological polar surface area (TPSA) is 92.6 Å². The normalized spacial score (nSPS) is 21.0. The van der Waals surface area contributed by atoms with E-state index in [9.17, 15) is 9.59 Å². The second kappa shape index (κ2) is 5.34. The highest BCUT2D eigenvalue weighted by molar-refractivity contribution is 6.03. The van der Waals surface area contributed by atoms with Gasteiger partial charge in [-0.1, -0.05) is 0 Å². The van der Waals surface area contributed by atoms with Crippen LogP contribution in [0.1, 0.15) is 6.92 Å². The smallest absolute Gasteiger partial charge is 0.246 e. The van der Waals surface area contributed by atoms with Gasteiger partial charge in [0, 0.05) is 26.6 Å². The van der Waals surface area contributed by atoms with Crippen molar-refractivity contribution in [3.8, 4) is 0 Å². The molecule has 1 fully saturated rings. The predicted molar refractivity (Wildman–Crippen MR) is 81.0 cm³/mol. The van der Waals surface area contributed by atoms with Crippen LogP contribution in [0.25, 0.3) is 0 Å². The number of nitrogens with one attached hydrogen (secondary N) is 1. The minimum atomic E-state index is -0.0942. The number of aromatic nitrogens is 3. The molecule has 3 aliphatic rings. The van der Waals surface area contributed by atoms with Gasteiger partial charge in [0.25, 0.3) is 0 Å². The number of ketones is 1. The molecule has 0 aliphatic carbocycles.